The fraction of sp³-hybridized carbons (Fsp3) is 0.240. The van der Waals surface area contributed by atoms with Crippen LogP contribution >= 0.6 is 11.6 Å². The highest BCUT2D eigenvalue weighted by atomic mass is 35.5. The number of benzene rings is 3. The molecule has 1 amide bonds. The van der Waals surface area contributed by atoms with Gasteiger partial charge in [0.15, 0.2) is 0 Å². The highest BCUT2D eigenvalue weighted by Gasteiger charge is 2.28. The fourth-order valence-electron chi connectivity index (χ4n) is 3.46. The van der Waals surface area contributed by atoms with Crippen molar-refractivity contribution < 1.29 is 13.2 Å². The number of nitrogens with zero attached hydrogens (tertiary/aromatic N) is 1. The van der Waals surface area contributed by atoms with Crippen molar-refractivity contribution in [3.8, 4) is 0 Å². The van der Waals surface area contributed by atoms with Gasteiger partial charge in [-0.25, -0.2) is 8.42 Å². The number of aryl methyl sites for hydroxylation is 2. The zero-order valence-electron chi connectivity index (χ0n) is 18.4. The Bertz CT molecular complexity index is 1180. The van der Waals surface area contributed by atoms with Crippen molar-refractivity contribution in [3.63, 3.8) is 0 Å². The number of carbonyl (C=O) groups is 1. The molecule has 0 heterocycles. The quantitative estimate of drug-likeness (QED) is 0.486. The van der Waals surface area contributed by atoms with E-state index < -0.39 is 15.9 Å². The van der Waals surface area contributed by atoms with Gasteiger partial charge in [0.1, 0.15) is 6.54 Å². The summed E-state index contributed by atoms with van der Waals surface area (Å²) in [5.74, 6) is -0.397. The molecule has 1 N–H and O–H groups in total. The van der Waals surface area contributed by atoms with Gasteiger partial charge in [0.25, 0.3) is 10.0 Å². The standard InChI is InChI=1S/C25H27ClN2O3S/c1-4-20-10-12-21(13-11-20)19(3)27-25(29)17-28(24-15-14-22(26)16-18(24)2)32(30,31)23-8-6-5-7-9-23/h5-16,19H,4,17H2,1-3H3,(H,27,29)/t19-/m1/s1. The lowest BCUT2D eigenvalue weighted by molar-refractivity contribution is -0.120. The average molecular weight is 471 g/mol. The predicted octanol–water partition coefficient (Wildman–Crippen LogP) is 5.28. The summed E-state index contributed by atoms with van der Waals surface area (Å²) in [5, 5.41) is 3.41. The molecule has 0 radical (unpaired) electrons. The van der Waals surface area contributed by atoms with Crippen LogP contribution in [0.4, 0.5) is 5.69 Å². The first-order valence-corrected chi connectivity index (χ1v) is 12.3. The lowest BCUT2D eigenvalue weighted by Crippen LogP contribution is -2.41. The number of amides is 1. The van der Waals surface area contributed by atoms with Crippen LogP contribution < -0.4 is 9.62 Å². The van der Waals surface area contributed by atoms with Gasteiger partial charge in [-0.2, -0.15) is 0 Å². The van der Waals surface area contributed by atoms with Gasteiger partial charge in [-0.05, 0) is 67.3 Å². The second-order valence-corrected chi connectivity index (χ2v) is 9.94. The van der Waals surface area contributed by atoms with E-state index in [9.17, 15) is 13.2 Å². The lowest BCUT2D eigenvalue weighted by atomic mass is 10.1. The lowest BCUT2D eigenvalue weighted by Gasteiger charge is -2.26. The van der Waals surface area contributed by atoms with Gasteiger partial charge < -0.3 is 5.32 Å². The summed E-state index contributed by atoms with van der Waals surface area (Å²) >= 11 is 6.07. The molecule has 0 bridgehead atoms. The summed E-state index contributed by atoms with van der Waals surface area (Å²) in [4.78, 5) is 13.1. The Morgan fingerprint density at radius 1 is 1.03 bits per heavy atom. The molecule has 32 heavy (non-hydrogen) atoms. The molecule has 0 saturated carbocycles. The zero-order valence-corrected chi connectivity index (χ0v) is 20.0. The topological polar surface area (TPSA) is 66.5 Å². The monoisotopic (exact) mass is 470 g/mol. The summed E-state index contributed by atoms with van der Waals surface area (Å²) in [7, 11) is -3.96. The van der Waals surface area contributed by atoms with Crippen molar-refractivity contribution in [2.24, 2.45) is 0 Å². The highest BCUT2D eigenvalue weighted by Crippen LogP contribution is 2.29. The number of nitrogens with one attached hydrogen (secondary N) is 1. The van der Waals surface area contributed by atoms with Crippen LogP contribution in [0.25, 0.3) is 0 Å². The second kappa shape index (κ2) is 10.2. The molecule has 3 aromatic carbocycles. The number of hydrogen-bond acceptors (Lipinski definition) is 3. The summed E-state index contributed by atoms with van der Waals surface area (Å²) in [6.45, 7) is 5.38. The normalized spacial score (nSPS) is 12.2. The molecular formula is C25H27ClN2O3S. The van der Waals surface area contributed by atoms with Crippen molar-refractivity contribution in [1.82, 2.24) is 5.32 Å². The van der Waals surface area contributed by atoms with Crippen molar-refractivity contribution in [2.45, 2.75) is 38.1 Å². The Hall–Kier alpha value is -2.83. The molecule has 168 valence electrons. The minimum Gasteiger partial charge on any atom is -0.348 e. The van der Waals surface area contributed by atoms with E-state index in [4.69, 9.17) is 11.6 Å². The zero-order chi connectivity index (χ0) is 23.3. The number of halogens is 1. The third-order valence-electron chi connectivity index (χ3n) is 5.31. The molecule has 1 atom stereocenters. The second-order valence-electron chi connectivity index (χ2n) is 7.64. The third kappa shape index (κ3) is 5.50. The van der Waals surface area contributed by atoms with Gasteiger partial charge in [-0.3, -0.25) is 9.10 Å². The number of anilines is 1. The maximum absolute atomic E-state index is 13.4. The Morgan fingerprint density at radius 3 is 2.28 bits per heavy atom. The molecular weight excluding hydrogens is 444 g/mol. The first kappa shape index (κ1) is 23.8. The van der Waals surface area contributed by atoms with Crippen LogP contribution in [0.15, 0.2) is 77.7 Å². The molecule has 0 aliphatic rings. The minimum absolute atomic E-state index is 0.116. The summed E-state index contributed by atoms with van der Waals surface area (Å²) < 4.78 is 28.0. The molecule has 0 fully saturated rings. The van der Waals surface area contributed by atoms with Crippen LogP contribution in [-0.2, 0) is 21.2 Å². The average Bonchev–Trinajstić information content (AvgIpc) is 2.78. The van der Waals surface area contributed by atoms with E-state index in [1.807, 2.05) is 31.2 Å². The van der Waals surface area contributed by atoms with Crippen LogP contribution in [0.1, 0.15) is 36.6 Å². The van der Waals surface area contributed by atoms with E-state index in [2.05, 4.69) is 12.2 Å². The van der Waals surface area contributed by atoms with Crippen LogP contribution in [0, 0.1) is 6.92 Å². The first-order chi connectivity index (χ1) is 15.2. The molecule has 0 aliphatic carbocycles. The SMILES string of the molecule is CCc1ccc([C@@H](C)NC(=O)CN(c2ccc(Cl)cc2C)S(=O)(=O)c2ccccc2)cc1. The van der Waals surface area contributed by atoms with E-state index in [0.717, 1.165) is 16.3 Å². The van der Waals surface area contributed by atoms with Crippen LogP contribution in [0.3, 0.4) is 0 Å². The van der Waals surface area contributed by atoms with Gasteiger partial charge in [-0.15, -0.1) is 0 Å². The number of carbonyl (C=O) groups excluding carboxylic acids is 1. The molecule has 3 rings (SSSR count). The molecule has 5 nitrogen and oxygen atoms in total. The van der Waals surface area contributed by atoms with Crippen LogP contribution in [0.2, 0.25) is 5.02 Å². The summed E-state index contributed by atoms with van der Waals surface area (Å²) in [5.41, 5.74) is 3.24. The maximum atomic E-state index is 13.4. The third-order valence-corrected chi connectivity index (χ3v) is 7.32. The van der Waals surface area contributed by atoms with E-state index >= 15 is 0 Å². The summed E-state index contributed by atoms with van der Waals surface area (Å²) in [6, 6.07) is 20.8. The van der Waals surface area contributed by atoms with Crippen molar-refractivity contribution in [3.05, 3.63) is 94.5 Å². The largest absolute Gasteiger partial charge is 0.348 e. The molecule has 7 heteroatoms. The van der Waals surface area contributed by atoms with Crippen molar-refractivity contribution in [1.29, 1.82) is 0 Å². The van der Waals surface area contributed by atoms with Gasteiger partial charge in [0.05, 0.1) is 16.6 Å². The fourth-order valence-corrected chi connectivity index (χ4v) is 5.19. The van der Waals surface area contributed by atoms with Crippen LogP contribution in [-0.4, -0.2) is 20.9 Å². The van der Waals surface area contributed by atoms with E-state index in [1.54, 1.807) is 43.3 Å². The van der Waals surface area contributed by atoms with E-state index in [1.165, 1.54) is 17.7 Å². The Labute approximate surface area is 195 Å². The number of hydrogen-bond donors (Lipinski definition) is 1. The summed E-state index contributed by atoms with van der Waals surface area (Å²) in [6.07, 6.45) is 0.938. The van der Waals surface area contributed by atoms with Crippen LogP contribution in [0.5, 0.6) is 0 Å². The Balaban J connectivity index is 1.89. The Kier molecular flexibility index (Phi) is 7.59. The molecule has 0 aliphatic heterocycles. The smallest absolute Gasteiger partial charge is 0.264 e. The Morgan fingerprint density at radius 2 is 1.69 bits per heavy atom. The van der Waals surface area contributed by atoms with Crippen molar-refractivity contribution >= 4 is 33.2 Å². The van der Waals surface area contributed by atoms with Gasteiger partial charge in [-0.1, -0.05) is 61.0 Å². The van der Waals surface area contributed by atoms with E-state index in [-0.39, 0.29) is 17.5 Å². The number of rotatable bonds is 8. The molecule has 0 unspecified atom stereocenters. The number of sulfonamides is 1. The van der Waals surface area contributed by atoms with E-state index in [0.29, 0.717) is 16.3 Å². The molecule has 0 aromatic heterocycles. The first-order valence-electron chi connectivity index (χ1n) is 10.4. The molecule has 0 spiro atoms. The highest BCUT2D eigenvalue weighted by molar-refractivity contribution is 7.92. The molecule has 0 saturated heterocycles. The van der Waals surface area contributed by atoms with Gasteiger partial charge in [0.2, 0.25) is 5.91 Å². The van der Waals surface area contributed by atoms with Crippen molar-refractivity contribution in [2.75, 3.05) is 10.8 Å². The maximum Gasteiger partial charge on any atom is 0.264 e. The van der Waals surface area contributed by atoms with Gasteiger partial charge in [0, 0.05) is 5.02 Å². The van der Waals surface area contributed by atoms with Gasteiger partial charge >= 0.3 is 0 Å². The molecule has 3 aromatic rings. The predicted molar refractivity (Wildman–Crippen MR) is 130 cm³/mol. The minimum atomic E-state index is -3.96.